The van der Waals surface area contributed by atoms with E-state index in [9.17, 15) is 9.59 Å². The molecule has 5 nitrogen and oxygen atoms in total. The lowest BCUT2D eigenvalue weighted by Gasteiger charge is -2.23. The van der Waals surface area contributed by atoms with Gasteiger partial charge >= 0.3 is 0 Å². The van der Waals surface area contributed by atoms with Crippen LogP contribution in [0.5, 0.6) is 0 Å². The third-order valence-corrected chi connectivity index (χ3v) is 4.67. The van der Waals surface area contributed by atoms with Gasteiger partial charge in [-0.25, -0.2) is 0 Å². The van der Waals surface area contributed by atoms with Gasteiger partial charge in [-0.15, -0.1) is 0 Å². The molecule has 2 N–H and O–H groups in total. The molecule has 2 fully saturated rings. The zero-order valence-corrected chi connectivity index (χ0v) is 12.7. The van der Waals surface area contributed by atoms with Crippen LogP contribution in [0.25, 0.3) is 0 Å². The molecule has 0 atom stereocenters. The van der Waals surface area contributed by atoms with Crippen LogP contribution in [0.3, 0.4) is 0 Å². The Bertz CT molecular complexity index is 589. The van der Waals surface area contributed by atoms with Crippen LogP contribution in [0.2, 0.25) is 5.02 Å². The van der Waals surface area contributed by atoms with Gasteiger partial charge in [-0.2, -0.15) is 0 Å². The van der Waals surface area contributed by atoms with Gasteiger partial charge in [-0.05, 0) is 44.8 Å². The number of carbonyl (C=O) groups excluding carboxylic acids is 1. The zero-order chi connectivity index (χ0) is 14.9. The van der Waals surface area contributed by atoms with Gasteiger partial charge < -0.3 is 15.2 Å². The summed E-state index contributed by atoms with van der Waals surface area (Å²) in [5.41, 5.74) is -0.105. The molecule has 0 unspecified atom stereocenters. The highest BCUT2D eigenvalue weighted by Gasteiger charge is 2.44. The van der Waals surface area contributed by atoms with Crippen LogP contribution in [-0.2, 0) is 0 Å². The molecule has 3 rings (SSSR count). The van der Waals surface area contributed by atoms with Crippen molar-refractivity contribution in [3.05, 3.63) is 33.2 Å². The monoisotopic (exact) mass is 309 g/mol. The largest absolute Gasteiger partial charge is 0.351 e. The van der Waals surface area contributed by atoms with Gasteiger partial charge in [0.25, 0.3) is 11.5 Å². The summed E-state index contributed by atoms with van der Waals surface area (Å²) >= 11 is 5.82. The summed E-state index contributed by atoms with van der Waals surface area (Å²) in [5, 5.41) is 3.26. The van der Waals surface area contributed by atoms with Gasteiger partial charge in [0, 0.05) is 24.7 Å². The van der Waals surface area contributed by atoms with Crippen LogP contribution in [0.4, 0.5) is 0 Å². The summed E-state index contributed by atoms with van der Waals surface area (Å²) in [6.45, 7) is 4.03. The number of aromatic nitrogens is 1. The number of H-pyrrole nitrogens is 1. The van der Waals surface area contributed by atoms with E-state index in [0.29, 0.717) is 11.6 Å². The smallest absolute Gasteiger partial charge is 0.260 e. The second-order valence-corrected chi connectivity index (χ2v) is 6.66. The summed E-state index contributed by atoms with van der Waals surface area (Å²) in [5.74, 6) is -0.341. The summed E-state index contributed by atoms with van der Waals surface area (Å²) in [6.07, 6.45) is 6.24. The van der Waals surface area contributed by atoms with E-state index < -0.39 is 5.56 Å². The van der Waals surface area contributed by atoms with Gasteiger partial charge in [0.2, 0.25) is 0 Å². The van der Waals surface area contributed by atoms with Crippen molar-refractivity contribution >= 4 is 17.5 Å². The first-order valence-corrected chi connectivity index (χ1v) is 7.85. The van der Waals surface area contributed by atoms with Crippen molar-refractivity contribution in [1.29, 1.82) is 0 Å². The first kappa shape index (κ1) is 14.6. The van der Waals surface area contributed by atoms with E-state index in [1.54, 1.807) is 0 Å². The second-order valence-electron chi connectivity index (χ2n) is 6.23. The van der Waals surface area contributed by atoms with Crippen LogP contribution in [0.15, 0.2) is 17.1 Å². The van der Waals surface area contributed by atoms with E-state index in [2.05, 4.69) is 15.2 Å². The van der Waals surface area contributed by atoms with Crippen LogP contribution < -0.4 is 10.9 Å². The molecule has 1 aromatic heterocycles. The van der Waals surface area contributed by atoms with Gasteiger partial charge in [0.1, 0.15) is 5.56 Å². The van der Waals surface area contributed by atoms with Crippen LogP contribution in [0.1, 0.15) is 36.0 Å². The van der Waals surface area contributed by atoms with Crippen LogP contribution >= 0.6 is 11.6 Å². The second kappa shape index (κ2) is 5.81. The summed E-state index contributed by atoms with van der Waals surface area (Å²) in [6, 6.07) is 1.41. The Morgan fingerprint density at radius 3 is 2.76 bits per heavy atom. The van der Waals surface area contributed by atoms with Crippen molar-refractivity contribution in [2.24, 2.45) is 5.41 Å². The average Bonchev–Trinajstić information content (AvgIpc) is 3.03. The average molecular weight is 310 g/mol. The Morgan fingerprint density at radius 1 is 1.38 bits per heavy atom. The predicted molar refractivity (Wildman–Crippen MR) is 81.7 cm³/mol. The maximum Gasteiger partial charge on any atom is 0.260 e. The Balaban J connectivity index is 1.58. The normalized spacial score (nSPS) is 20.4. The molecule has 114 valence electrons. The molecule has 2 aliphatic rings. The Hall–Kier alpha value is -1.33. The number of nitrogens with zero attached hydrogens (tertiary/aromatic N) is 1. The molecule has 1 aliphatic carbocycles. The molecule has 1 aliphatic heterocycles. The van der Waals surface area contributed by atoms with Crippen molar-refractivity contribution < 1.29 is 4.79 Å². The number of hydrogen-bond donors (Lipinski definition) is 2. The Morgan fingerprint density at radius 2 is 2.10 bits per heavy atom. The standard InChI is InChI=1S/C15H20ClN3O2/c16-11-7-12(13(20)17-8-11)14(21)18-9-15(3-4-15)10-19-5-1-2-6-19/h7-8H,1-6,9-10H2,(H,17,20)(H,18,21). The Kier molecular flexibility index (Phi) is 4.04. The van der Waals surface area contributed by atoms with E-state index in [0.717, 1.165) is 19.4 Å². The first-order chi connectivity index (χ1) is 10.1. The summed E-state index contributed by atoms with van der Waals surface area (Å²) < 4.78 is 0. The fourth-order valence-electron chi connectivity index (χ4n) is 2.97. The minimum atomic E-state index is -0.402. The molecule has 6 heteroatoms. The van der Waals surface area contributed by atoms with Gasteiger partial charge in [-0.1, -0.05) is 11.6 Å². The highest BCUT2D eigenvalue weighted by Crippen LogP contribution is 2.46. The van der Waals surface area contributed by atoms with E-state index >= 15 is 0 Å². The van der Waals surface area contributed by atoms with E-state index in [1.165, 1.54) is 38.2 Å². The fraction of sp³-hybridized carbons (Fsp3) is 0.600. The van der Waals surface area contributed by atoms with Gasteiger partial charge in [0.05, 0.1) is 5.02 Å². The molecule has 0 bridgehead atoms. The molecular formula is C15H20ClN3O2. The summed E-state index contributed by atoms with van der Waals surface area (Å²) in [4.78, 5) is 28.7. The number of nitrogens with one attached hydrogen (secondary N) is 2. The lowest BCUT2D eigenvalue weighted by Crippen LogP contribution is -2.38. The SMILES string of the molecule is O=C(NCC1(CN2CCCC2)CC1)c1cc(Cl)c[nH]c1=O. The van der Waals surface area contributed by atoms with Crippen molar-refractivity contribution in [3.8, 4) is 0 Å². The van der Waals surface area contributed by atoms with Crippen molar-refractivity contribution in [3.63, 3.8) is 0 Å². The number of amides is 1. The molecular weight excluding hydrogens is 290 g/mol. The molecule has 0 radical (unpaired) electrons. The molecule has 0 aromatic carbocycles. The van der Waals surface area contributed by atoms with Crippen LogP contribution in [-0.4, -0.2) is 42.0 Å². The lowest BCUT2D eigenvalue weighted by atomic mass is 10.1. The number of likely N-dealkylation sites (tertiary alicyclic amines) is 1. The van der Waals surface area contributed by atoms with Crippen LogP contribution in [0, 0.1) is 5.41 Å². The van der Waals surface area contributed by atoms with Crippen molar-refractivity contribution in [2.75, 3.05) is 26.2 Å². The van der Waals surface area contributed by atoms with Crippen molar-refractivity contribution in [2.45, 2.75) is 25.7 Å². The number of aromatic amines is 1. The highest BCUT2D eigenvalue weighted by molar-refractivity contribution is 6.30. The molecule has 0 spiro atoms. The third-order valence-electron chi connectivity index (χ3n) is 4.45. The van der Waals surface area contributed by atoms with E-state index in [-0.39, 0.29) is 16.9 Å². The van der Waals surface area contributed by atoms with Crippen molar-refractivity contribution in [1.82, 2.24) is 15.2 Å². The highest BCUT2D eigenvalue weighted by atomic mass is 35.5. The number of carbonyl (C=O) groups is 1. The maximum atomic E-state index is 12.1. The quantitative estimate of drug-likeness (QED) is 0.869. The molecule has 1 aromatic rings. The molecule has 1 amide bonds. The number of halogens is 1. The maximum absolute atomic E-state index is 12.1. The third kappa shape index (κ3) is 3.47. The topological polar surface area (TPSA) is 65.2 Å². The first-order valence-electron chi connectivity index (χ1n) is 7.47. The minimum absolute atomic E-state index is 0.0828. The van der Waals surface area contributed by atoms with E-state index in [4.69, 9.17) is 11.6 Å². The predicted octanol–water partition coefficient (Wildman–Crippen LogP) is 1.63. The number of hydrogen-bond acceptors (Lipinski definition) is 3. The molecule has 1 saturated heterocycles. The van der Waals surface area contributed by atoms with Gasteiger partial charge in [0.15, 0.2) is 0 Å². The Labute approximate surface area is 128 Å². The molecule has 1 saturated carbocycles. The zero-order valence-electron chi connectivity index (χ0n) is 12.0. The van der Waals surface area contributed by atoms with E-state index in [1.807, 2.05) is 0 Å². The lowest BCUT2D eigenvalue weighted by molar-refractivity contribution is 0.0938. The minimum Gasteiger partial charge on any atom is -0.351 e. The fourth-order valence-corrected chi connectivity index (χ4v) is 3.14. The number of pyridine rings is 1. The molecule has 2 heterocycles. The molecule has 21 heavy (non-hydrogen) atoms. The van der Waals surface area contributed by atoms with Gasteiger partial charge in [-0.3, -0.25) is 9.59 Å². The number of rotatable bonds is 5. The summed E-state index contributed by atoms with van der Waals surface area (Å²) in [7, 11) is 0.